The number of nitro benzene ring substituents is 1. The Morgan fingerprint density at radius 3 is 2.32 bits per heavy atom. The number of nitrogens with one attached hydrogen (secondary N) is 2. The van der Waals surface area contributed by atoms with E-state index in [1.54, 1.807) is 37.3 Å². The van der Waals surface area contributed by atoms with E-state index in [4.69, 9.17) is 9.47 Å². The van der Waals surface area contributed by atoms with Crippen LogP contribution in [0.25, 0.3) is 6.08 Å². The monoisotopic (exact) mass is 498 g/mol. The molecule has 37 heavy (non-hydrogen) atoms. The minimum atomic E-state index is -0.718. The van der Waals surface area contributed by atoms with E-state index in [0.29, 0.717) is 16.9 Å². The largest absolute Gasteiger partial charge is 0.454 e. The van der Waals surface area contributed by atoms with E-state index >= 15 is 0 Å². The number of allylic oxidation sites excluding steroid dienone is 2. The maximum Gasteiger partial charge on any atom is 0.287 e. The average Bonchev–Trinajstić information content (AvgIpc) is 3.36. The normalized spacial score (nSPS) is 12.9. The number of hydrazone groups is 1. The summed E-state index contributed by atoms with van der Waals surface area (Å²) in [6, 6.07) is 20.5. The highest BCUT2D eigenvalue weighted by atomic mass is 16.7. The van der Waals surface area contributed by atoms with Gasteiger partial charge >= 0.3 is 0 Å². The SMILES string of the molecule is CC(=Cc1ccccc1)C=C(NC(=O)c1ccccc1)C(=O)NN=Cc1cc2c(cc1[N+](=O)[O-])OCO2. The standard InChI is InChI=1S/C27H22N4O6/c1-18(12-19-8-4-2-5-9-19)13-22(29-26(32)20-10-6-3-7-11-20)27(33)30-28-16-21-14-24-25(37-17-36-24)15-23(21)31(34)35/h2-16H,17H2,1H3,(H,29,32)(H,30,33). The summed E-state index contributed by atoms with van der Waals surface area (Å²) >= 11 is 0. The molecular weight excluding hydrogens is 476 g/mol. The molecule has 10 heteroatoms. The number of rotatable bonds is 8. The molecule has 4 rings (SSSR count). The Labute approximate surface area is 212 Å². The highest BCUT2D eigenvalue weighted by Crippen LogP contribution is 2.37. The maximum atomic E-state index is 13.0. The van der Waals surface area contributed by atoms with E-state index in [0.717, 1.165) is 11.8 Å². The molecule has 0 saturated carbocycles. The van der Waals surface area contributed by atoms with Crippen molar-refractivity contribution in [2.24, 2.45) is 5.10 Å². The summed E-state index contributed by atoms with van der Waals surface area (Å²) in [6.45, 7) is 1.74. The molecule has 2 N–H and O–H groups in total. The quantitative estimate of drug-likeness (QED) is 0.157. The Morgan fingerprint density at radius 1 is 1.00 bits per heavy atom. The lowest BCUT2D eigenvalue weighted by Gasteiger charge is -2.09. The average molecular weight is 498 g/mol. The fraction of sp³-hybridized carbons (Fsp3) is 0.0741. The van der Waals surface area contributed by atoms with Crippen molar-refractivity contribution in [3.63, 3.8) is 0 Å². The molecule has 3 aromatic carbocycles. The Morgan fingerprint density at radius 2 is 1.65 bits per heavy atom. The molecule has 0 radical (unpaired) electrons. The lowest BCUT2D eigenvalue weighted by molar-refractivity contribution is -0.385. The zero-order valence-electron chi connectivity index (χ0n) is 19.7. The van der Waals surface area contributed by atoms with Crippen LogP contribution < -0.4 is 20.2 Å². The lowest BCUT2D eigenvalue weighted by atomic mass is 10.1. The van der Waals surface area contributed by atoms with Crippen molar-refractivity contribution in [2.75, 3.05) is 6.79 Å². The summed E-state index contributed by atoms with van der Waals surface area (Å²) in [6.07, 6.45) is 4.49. The van der Waals surface area contributed by atoms with Gasteiger partial charge in [0, 0.05) is 5.56 Å². The van der Waals surface area contributed by atoms with Crippen LogP contribution in [0.3, 0.4) is 0 Å². The number of hydrogen-bond donors (Lipinski definition) is 2. The van der Waals surface area contributed by atoms with E-state index in [9.17, 15) is 19.7 Å². The van der Waals surface area contributed by atoms with E-state index in [1.807, 2.05) is 36.4 Å². The van der Waals surface area contributed by atoms with Gasteiger partial charge in [-0.1, -0.05) is 54.6 Å². The Bertz CT molecular complexity index is 1420. The third kappa shape index (κ3) is 6.45. The molecule has 3 aromatic rings. The molecule has 0 fully saturated rings. The molecule has 0 spiro atoms. The first-order valence-electron chi connectivity index (χ1n) is 11.1. The second kappa shape index (κ2) is 11.5. The van der Waals surface area contributed by atoms with Crippen LogP contribution in [-0.4, -0.2) is 29.7 Å². The molecule has 0 unspecified atom stereocenters. The summed E-state index contributed by atoms with van der Waals surface area (Å²) in [5, 5.41) is 17.9. The van der Waals surface area contributed by atoms with Crippen LogP contribution in [-0.2, 0) is 4.79 Å². The number of hydrogen-bond acceptors (Lipinski definition) is 7. The molecule has 0 saturated heterocycles. The number of benzene rings is 3. The van der Waals surface area contributed by atoms with Gasteiger partial charge in [0.05, 0.1) is 22.8 Å². The number of carbonyl (C=O) groups is 2. The highest BCUT2D eigenvalue weighted by Gasteiger charge is 2.22. The van der Waals surface area contributed by atoms with Gasteiger partial charge in [0.2, 0.25) is 6.79 Å². The van der Waals surface area contributed by atoms with Gasteiger partial charge in [-0.05, 0) is 42.3 Å². The van der Waals surface area contributed by atoms with Gasteiger partial charge in [-0.2, -0.15) is 5.10 Å². The van der Waals surface area contributed by atoms with Crippen molar-refractivity contribution in [3.8, 4) is 11.5 Å². The van der Waals surface area contributed by atoms with Crippen molar-refractivity contribution in [3.05, 3.63) is 117 Å². The predicted octanol–water partition coefficient (Wildman–Crippen LogP) is 4.19. The molecule has 0 aromatic heterocycles. The topological polar surface area (TPSA) is 132 Å². The molecule has 1 heterocycles. The first kappa shape index (κ1) is 24.9. The second-order valence-electron chi connectivity index (χ2n) is 7.90. The number of amides is 2. The van der Waals surface area contributed by atoms with Gasteiger partial charge in [-0.25, -0.2) is 5.43 Å². The number of nitro groups is 1. The van der Waals surface area contributed by atoms with Crippen molar-refractivity contribution >= 4 is 29.8 Å². The van der Waals surface area contributed by atoms with Crippen molar-refractivity contribution in [1.29, 1.82) is 0 Å². The summed E-state index contributed by atoms with van der Waals surface area (Å²) < 4.78 is 10.4. The van der Waals surface area contributed by atoms with E-state index in [1.165, 1.54) is 18.2 Å². The van der Waals surface area contributed by atoms with Crippen molar-refractivity contribution in [1.82, 2.24) is 10.7 Å². The van der Waals surface area contributed by atoms with Crippen LogP contribution >= 0.6 is 0 Å². The smallest absolute Gasteiger partial charge is 0.287 e. The number of nitrogens with zero attached hydrogens (tertiary/aromatic N) is 2. The van der Waals surface area contributed by atoms with Crippen LogP contribution in [0, 0.1) is 10.1 Å². The number of ether oxygens (including phenoxy) is 2. The van der Waals surface area contributed by atoms with Gasteiger partial charge in [-0.3, -0.25) is 19.7 Å². The van der Waals surface area contributed by atoms with Gasteiger partial charge in [0.15, 0.2) is 11.5 Å². The van der Waals surface area contributed by atoms with Gasteiger partial charge in [0.1, 0.15) is 5.70 Å². The van der Waals surface area contributed by atoms with Gasteiger partial charge in [-0.15, -0.1) is 0 Å². The molecule has 1 aliphatic heterocycles. The molecule has 1 aliphatic rings. The summed E-state index contributed by atoms with van der Waals surface area (Å²) in [5.74, 6) is -0.618. The Kier molecular flexibility index (Phi) is 7.69. The molecule has 0 atom stereocenters. The highest BCUT2D eigenvalue weighted by molar-refractivity contribution is 6.03. The molecule has 2 amide bonds. The van der Waals surface area contributed by atoms with Crippen LogP contribution in [0.15, 0.2) is 95.2 Å². The third-order valence-corrected chi connectivity index (χ3v) is 5.18. The molecule has 0 bridgehead atoms. The van der Waals surface area contributed by atoms with E-state index in [-0.39, 0.29) is 29.5 Å². The summed E-state index contributed by atoms with van der Waals surface area (Å²) in [7, 11) is 0. The van der Waals surface area contributed by atoms with Crippen molar-refractivity contribution in [2.45, 2.75) is 6.92 Å². The van der Waals surface area contributed by atoms with Crippen LogP contribution in [0.4, 0.5) is 5.69 Å². The van der Waals surface area contributed by atoms with Crippen LogP contribution in [0.1, 0.15) is 28.4 Å². The fourth-order valence-corrected chi connectivity index (χ4v) is 3.45. The summed E-state index contributed by atoms with van der Waals surface area (Å²) in [5.41, 5.74) is 4.07. The Balaban J connectivity index is 1.57. The Hall–Kier alpha value is -5.25. The maximum absolute atomic E-state index is 13.0. The van der Waals surface area contributed by atoms with Crippen LogP contribution in [0.5, 0.6) is 11.5 Å². The second-order valence-corrected chi connectivity index (χ2v) is 7.90. The minimum absolute atomic E-state index is 0.0467. The molecule has 186 valence electrons. The predicted molar refractivity (Wildman–Crippen MR) is 137 cm³/mol. The first-order chi connectivity index (χ1) is 17.9. The molecule has 0 aliphatic carbocycles. The minimum Gasteiger partial charge on any atom is -0.454 e. The molecular formula is C27H22N4O6. The van der Waals surface area contributed by atoms with Gasteiger partial charge < -0.3 is 14.8 Å². The number of carbonyl (C=O) groups excluding carboxylic acids is 2. The zero-order chi connectivity index (χ0) is 26.2. The fourth-order valence-electron chi connectivity index (χ4n) is 3.45. The van der Waals surface area contributed by atoms with E-state index < -0.39 is 16.7 Å². The zero-order valence-corrected chi connectivity index (χ0v) is 19.7. The first-order valence-corrected chi connectivity index (χ1v) is 11.1. The van der Waals surface area contributed by atoms with Gasteiger partial charge in [0.25, 0.3) is 17.5 Å². The molecule has 10 nitrogen and oxygen atoms in total. The van der Waals surface area contributed by atoms with E-state index in [2.05, 4.69) is 15.8 Å². The number of fused-ring (bicyclic) bond motifs is 1. The lowest BCUT2D eigenvalue weighted by Crippen LogP contribution is -2.33. The van der Waals surface area contributed by atoms with Crippen LogP contribution in [0.2, 0.25) is 0 Å². The van der Waals surface area contributed by atoms with Crippen molar-refractivity contribution < 1.29 is 24.0 Å². The summed E-state index contributed by atoms with van der Waals surface area (Å²) in [4.78, 5) is 36.6. The third-order valence-electron chi connectivity index (χ3n) is 5.18.